The third kappa shape index (κ3) is 4.56. The first kappa shape index (κ1) is 26.4. The van der Waals surface area contributed by atoms with Gasteiger partial charge in [0.15, 0.2) is 0 Å². The number of fused-ring (bicyclic) bond motifs is 2. The Morgan fingerprint density at radius 2 is 1.67 bits per heavy atom. The van der Waals surface area contributed by atoms with Crippen LogP contribution in [-0.4, -0.2) is 29.4 Å². The van der Waals surface area contributed by atoms with Gasteiger partial charge in [-0.15, -0.1) is 0 Å². The van der Waals surface area contributed by atoms with Gasteiger partial charge in [0, 0.05) is 33.6 Å². The molecule has 2 fully saturated rings. The molecule has 0 radical (unpaired) electrons. The van der Waals surface area contributed by atoms with Crippen molar-refractivity contribution >= 4 is 52.5 Å². The Bertz CT molecular complexity index is 1480. The lowest BCUT2D eigenvalue weighted by atomic mass is 9.59. The average molecular weight is 589 g/mol. The zero-order valence-electron chi connectivity index (χ0n) is 20.6. The van der Waals surface area contributed by atoms with E-state index in [1.807, 2.05) is 11.8 Å². The Labute approximate surface area is 238 Å². The van der Waals surface area contributed by atoms with Gasteiger partial charge in [0.25, 0.3) is 0 Å². The highest BCUT2D eigenvalue weighted by molar-refractivity contribution is 7.99. The number of carbonyl (C=O) groups excluding carboxylic acids is 2. The number of carbonyl (C=O) groups is 2. The highest BCUT2D eigenvalue weighted by Crippen LogP contribution is 2.59. The van der Waals surface area contributed by atoms with Gasteiger partial charge in [-0.3, -0.25) is 9.59 Å². The summed E-state index contributed by atoms with van der Waals surface area (Å²) in [4.78, 5) is 27.4. The molecular weight excluding hydrogens is 565 g/mol. The van der Waals surface area contributed by atoms with E-state index in [0.717, 1.165) is 42.5 Å². The third-order valence-electron chi connectivity index (χ3n) is 7.83. The molecule has 0 aromatic heterocycles. The van der Waals surface area contributed by atoms with Crippen LogP contribution in [0.25, 0.3) is 0 Å². The van der Waals surface area contributed by atoms with E-state index in [1.165, 1.54) is 0 Å². The number of halogens is 4. The lowest BCUT2D eigenvalue weighted by Crippen LogP contribution is -2.57. The molecule has 3 aromatic rings. The molecule has 0 unspecified atom stereocenters. The van der Waals surface area contributed by atoms with Crippen molar-refractivity contribution < 1.29 is 23.1 Å². The Morgan fingerprint density at radius 3 is 2.46 bits per heavy atom. The third-order valence-corrected chi connectivity index (χ3v) is 9.35. The molecule has 2 amide bonds. The molecule has 2 N–H and O–H groups in total. The molecule has 6 rings (SSSR count). The van der Waals surface area contributed by atoms with Crippen molar-refractivity contribution in [2.24, 2.45) is 0 Å². The number of rotatable bonds is 4. The molecule has 5 nitrogen and oxygen atoms in total. The van der Waals surface area contributed by atoms with Crippen LogP contribution >= 0.6 is 35.0 Å². The Kier molecular flexibility index (Phi) is 6.98. The summed E-state index contributed by atoms with van der Waals surface area (Å²) in [6.07, 6.45) is 1.44. The van der Waals surface area contributed by atoms with Gasteiger partial charge in [-0.05, 0) is 84.0 Å². The van der Waals surface area contributed by atoms with E-state index < -0.39 is 40.8 Å². The summed E-state index contributed by atoms with van der Waals surface area (Å²) in [5.74, 6) is -0.853. The molecular formula is C29H24Cl2F2N2O3S. The first-order valence-electron chi connectivity index (χ1n) is 12.7. The van der Waals surface area contributed by atoms with Crippen LogP contribution in [0.5, 0.6) is 5.75 Å². The van der Waals surface area contributed by atoms with E-state index in [9.17, 15) is 14.0 Å². The van der Waals surface area contributed by atoms with Gasteiger partial charge in [-0.1, -0.05) is 29.3 Å². The van der Waals surface area contributed by atoms with Crippen molar-refractivity contribution in [3.63, 3.8) is 0 Å². The maximum Gasteiger partial charge on any atom is 0.238 e. The summed E-state index contributed by atoms with van der Waals surface area (Å²) >= 11 is 14.6. The minimum atomic E-state index is -1.55. The Hall–Kier alpha value is -2.81. The van der Waals surface area contributed by atoms with Gasteiger partial charge < -0.3 is 15.4 Å². The van der Waals surface area contributed by atoms with Crippen molar-refractivity contribution in [2.75, 3.05) is 16.8 Å². The van der Waals surface area contributed by atoms with Crippen LogP contribution in [-0.2, 0) is 15.0 Å². The molecule has 39 heavy (non-hydrogen) atoms. The Balaban J connectivity index is 1.59. The molecule has 3 heterocycles. The number of anilines is 1. The summed E-state index contributed by atoms with van der Waals surface area (Å²) in [5.41, 5.74) is -0.136. The van der Waals surface area contributed by atoms with Gasteiger partial charge in [0.05, 0.1) is 6.04 Å². The van der Waals surface area contributed by atoms with Gasteiger partial charge in [-0.25, -0.2) is 8.78 Å². The number of nitrogens with one attached hydrogen (secondary N) is 2. The number of hydrogen-bond donors (Lipinski definition) is 2. The molecule has 3 aliphatic rings. The van der Waals surface area contributed by atoms with E-state index in [2.05, 4.69) is 10.6 Å². The summed E-state index contributed by atoms with van der Waals surface area (Å²) in [6.45, 7) is 0. The smallest absolute Gasteiger partial charge is 0.238 e. The molecule has 10 heteroatoms. The van der Waals surface area contributed by atoms with Crippen molar-refractivity contribution in [1.82, 2.24) is 5.32 Å². The fourth-order valence-corrected chi connectivity index (χ4v) is 7.54. The molecule has 3 aliphatic heterocycles. The van der Waals surface area contributed by atoms with Gasteiger partial charge in [0.1, 0.15) is 28.9 Å². The van der Waals surface area contributed by atoms with Crippen molar-refractivity contribution in [3.8, 4) is 5.75 Å². The number of benzene rings is 3. The fourth-order valence-electron chi connectivity index (χ4n) is 6.13. The molecule has 3 aromatic carbocycles. The lowest BCUT2D eigenvalue weighted by molar-refractivity contribution is -0.131. The maximum atomic E-state index is 15.4. The molecule has 0 bridgehead atoms. The van der Waals surface area contributed by atoms with Gasteiger partial charge in [0.2, 0.25) is 11.8 Å². The zero-order valence-corrected chi connectivity index (χ0v) is 22.9. The number of piperidine rings is 1. The van der Waals surface area contributed by atoms with E-state index in [1.54, 1.807) is 36.4 Å². The summed E-state index contributed by atoms with van der Waals surface area (Å²) in [6, 6.07) is 12.2. The van der Waals surface area contributed by atoms with Crippen molar-refractivity contribution in [3.05, 3.63) is 93.0 Å². The minimum Gasteiger partial charge on any atom is -0.490 e. The van der Waals surface area contributed by atoms with E-state index in [0.29, 0.717) is 32.6 Å². The van der Waals surface area contributed by atoms with Gasteiger partial charge >= 0.3 is 0 Å². The topological polar surface area (TPSA) is 67.4 Å². The molecule has 0 aliphatic carbocycles. The summed E-state index contributed by atoms with van der Waals surface area (Å²) < 4.78 is 36.3. The Morgan fingerprint density at radius 1 is 0.923 bits per heavy atom. The minimum absolute atomic E-state index is 0.0404. The first-order chi connectivity index (χ1) is 18.8. The van der Waals surface area contributed by atoms with Crippen LogP contribution in [0.1, 0.15) is 47.9 Å². The van der Waals surface area contributed by atoms with E-state index >= 15 is 4.39 Å². The highest BCUT2D eigenvalue weighted by Gasteiger charge is 2.62. The molecule has 202 valence electrons. The highest BCUT2D eigenvalue weighted by atomic mass is 35.5. The van der Waals surface area contributed by atoms with Crippen LogP contribution in [0.15, 0.2) is 54.6 Å². The summed E-state index contributed by atoms with van der Waals surface area (Å²) in [7, 11) is 0. The first-order valence-corrected chi connectivity index (χ1v) is 14.6. The monoisotopic (exact) mass is 588 g/mol. The zero-order chi connectivity index (χ0) is 27.3. The van der Waals surface area contributed by atoms with Crippen LogP contribution in [0, 0.1) is 11.6 Å². The van der Waals surface area contributed by atoms with E-state index in [4.69, 9.17) is 27.9 Å². The normalized spacial score (nSPS) is 24.8. The van der Waals surface area contributed by atoms with Crippen LogP contribution < -0.4 is 15.4 Å². The molecule has 3 atom stereocenters. The average Bonchev–Trinajstić information content (AvgIpc) is 3.19. The molecule has 0 saturated carbocycles. The predicted octanol–water partition coefficient (Wildman–Crippen LogP) is 6.78. The number of ether oxygens (including phenoxy) is 1. The van der Waals surface area contributed by atoms with E-state index in [-0.39, 0.29) is 18.1 Å². The molecule has 2 saturated heterocycles. The van der Waals surface area contributed by atoms with Crippen molar-refractivity contribution in [1.29, 1.82) is 0 Å². The van der Waals surface area contributed by atoms with Crippen LogP contribution in [0.2, 0.25) is 10.0 Å². The summed E-state index contributed by atoms with van der Waals surface area (Å²) in [5, 5.41) is 6.68. The second-order valence-corrected chi connectivity index (χ2v) is 12.1. The second-order valence-electron chi connectivity index (χ2n) is 10.0. The number of hydrogen-bond acceptors (Lipinski definition) is 4. The number of thioether (sulfide) groups is 1. The predicted molar refractivity (Wildman–Crippen MR) is 149 cm³/mol. The SMILES string of the molecule is O=C1C[C@@H](c2cc(F)ccc2F)[C@]2(C(=O)Nc3cc(Cl)ccc32)[C@@H](c2cc(Cl)ccc2OC2CCSCC2)N1. The van der Waals surface area contributed by atoms with Crippen LogP contribution in [0.3, 0.4) is 0 Å². The lowest BCUT2D eigenvalue weighted by Gasteiger charge is -2.46. The number of amides is 2. The van der Waals surface area contributed by atoms with Gasteiger partial charge in [-0.2, -0.15) is 11.8 Å². The fraction of sp³-hybridized carbons (Fsp3) is 0.310. The second kappa shape index (κ2) is 10.3. The van der Waals surface area contributed by atoms with Crippen molar-refractivity contribution in [2.45, 2.75) is 42.7 Å². The molecule has 1 spiro atoms. The van der Waals surface area contributed by atoms with Crippen LogP contribution in [0.4, 0.5) is 14.5 Å². The standard InChI is InChI=1S/C29H24Cl2F2N2O3S/c30-15-2-6-25(38-18-7-9-39-10-8-18)20(11-15)27-29(21-4-1-16(31)12-24(21)34-28(29)37)22(14-26(36)35-27)19-13-17(32)3-5-23(19)33/h1-6,11-13,18,22,27H,7-10,14H2,(H,34,37)(H,35,36)/t22-,27+,29-/m0/s1. The maximum absolute atomic E-state index is 15.4. The quantitative estimate of drug-likeness (QED) is 0.352. The largest absolute Gasteiger partial charge is 0.490 e.